The molecule has 0 spiro atoms. The lowest BCUT2D eigenvalue weighted by Gasteiger charge is -2.33. The average Bonchev–Trinajstić information content (AvgIpc) is 3.23. The molecule has 1 atom stereocenters. The molecule has 0 aromatic carbocycles. The number of hydrogen-bond donors (Lipinski definition) is 0. The highest BCUT2D eigenvalue weighted by molar-refractivity contribution is 7.18. The Labute approximate surface area is 158 Å². The van der Waals surface area contributed by atoms with Gasteiger partial charge >= 0.3 is 0 Å². The van der Waals surface area contributed by atoms with E-state index < -0.39 is 0 Å². The fraction of sp³-hybridized carbons (Fsp3) is 0.650. The molecule has 1 aliphatic heterocycles. The number of rotatable bonds is 2. The number of hydrogen-bond acceptors (Lipinski definition) is 4. The number of likely N-dealkylation sites (tertiary alicyclic amines) is 1. The second-order valence-electron chi connectivity index (χ2n) is 8.76. The van der Waals surface area contributed by atoms with E-state index in [0.29, 0.717) is 5.92 Å². The van der Waals surface area contributed by atoms with E-state index in [1.807, 2.05) is 4.90 Å². The Hall–Kier alpha value is -1.69. The fourth-order valence-electron chi connectivity index (χ4n) is 4.27. The van der Waals surface area contributed by atoms with Crippen LogP contribution in [0.2, 0.25) is 0 Å². The molecule has 5 nitrogen and oxygen atoms in total. The van der Waals surface area contributed by atoms with Crippen LogP contribution in [0.25, 0.3) is 10.2 Å². The van der Waals surface area contributed by atoms with Crippen LogP contribution in [0.5, 0.6) is 0 Å². The van der Waals surface area contributed by atoms with Crippen molar-refractivity contribution in [3.63, 3.8) is 0 Å². The van der Waals surface area contributed by atoms with Gasteiger partial charge in [-0.15, -0.1) is 11.3 Å². The topological polar surface area (TPSA) is 55.2 Å². The minimum Gasteiger partial charge on any atom is -0.341 e. The Morgan fingerprint density at radius 3 is 2.73 bits per heavy atom. The second-order valence-corrected chi connectivity index (χ2v) is 9.84. The average molecular weight is 374 g/mol. The van der Waals surface area contributed by atoms with Crippen LogP contribution in [-0.4, -0.2) is 33.4 Å². The molecule has 4 rings (SSSR count). The van der Waals surface area contributed by atoms with Crippen molar-refractivity contribution >= 4 is 27.5 Å². The first-order chi connectivity index (χ1) is 12.3. The zero-order chi connectivity index (χ0) is 18.5. The van der Waals surface area contributed by atoms with Crippen LogP contribution >= 0.6 is 11.3 Å². The predicted octanol–water partition coefficient (Wildman–Crippen LogP) is 3.23. The normalized spacial score (nSPS) is 20.6. The number of aryl methyl sites for hydroxylation is 1. The third-order valence-corrected chi connectivity index (χ3v) is 7.19. The second kappa shape index (κ2) is 6.48. The van der Waals surface area contributed by atoms with E-state index >= 15 is 0 Å². The smallest absolute Gasteiger partial charge is 0.262 e. The number of amides is 1. The molecule has 2 aliphatic rings. The fourth-order valence-corrected chi connectivity index (χ4v) is 5.52. The largest absolute Gasteiger partial charge is 0.341 e. The highest BCUT2D eigenvalue weighted by Crippen LogP contribution is 2.41. The van der Waals surface area contributed by atoms with Gasteiger partial charge in [0, 0.05) is 18.0 Å². The summed E-state index contributed by atoms with van der Waals surface area (Å²) in [5.74, 6) is 0.671. The summed E-state index contributed by atoms with van der Waals surface area (Å²) in [5.41, 5.74) is 1.42. The van der Waals surface area contributed by atoms with Crippen molar-refractivity contribution in [2.75, 3.05) is 13.1 Å². The predicted molar refractivity (Wildman–Crippen MR) is 105 cm³/mol. The van der Waals surface area contributed by atoms with Crippen molar-refractivity contribution < 1.29 is 4.79 Å². The van der Waals surface area contributed by atoms with Gasteiger partial charge in [0.25, 0.3) is 5.56 Å². The lowest BCUT2D eigenvalue weighted by Crippen LogP contribution is -2.34. The highest BCUT2D eigenvalue weighted by atomic mass is 32.1. The van der Waals surface area contributed by atoms with Gasteiger partial charge in [-0.1, -0.05) is 20.8 Å². The Balaban J connectivity index is 1.66. The van der Waals surface area contributed by atoms with E-state index in [9.17, 15) is 9.59 Å². The number of fused-ring (bicyclic) bond motifs is 3. The van der Waals surface area contributed by atoms with Crippen LogP contribution in [0, 0.1) is 11.3 Å². The van der Waals surface area contributed by atoms with Crippen molar-refractivity contribution in [1.82, 2.24) is 14.5 Å². The number of carbonyl (C=O) groups is 1. The molecule has 6 heteroatoms. The number of aromatic nitrogens is 2. The number of thiophene rings is 1. The summed E-state index contributed by atoms with van der Waals surface area (Å²) in [6, 6.07) is 0. The first-order valence-electron chi connectivity index (χ1n) is 9.62. The third-order valence-electron chi connectivity index (χ3n) is 6.02. The molecule has 0 bridgehead atoms. The summed E-state index contributed by atoms with van der Waals surface area (Å²) in [5, 5.41) is 0.758. The molecule has 0 N–H and O–H groups in total. The van der Waals surface area contributed by atoms with Gasteiger partial charge in [0.05, 0.1) is 11.7 Å². The minimum absolute atomic E-state index is 0.0302. The maximum Gasteiger partial charge on any atom is 0.262 e. The Morgan fingerprint density at radius 1 is 1.31 bits per heavy atom. The molecule has 1 aliphatic carbocycles. The molecule has 1 saturated heterocycles. The van der Waals surface area contributed by atoms with Crippen LogP contribution in [0.1, 0.15) is 50.5 Å². The molecule has 140 valence electrons. The van der Waals surface area contributed by atoms with E-state index in [0.717, 1.165) is 55.4 Å². The van der Waals surface area contributed by atoms with Crippen LogP contribution in [-0.2, 0) is 24.2 Å². The summed E-state index contributed by atoms with van der Waals surface area (Å²) in [4.78, 5) is 34.0. The minimum atomic E-state index is -0.0470. The van der Waals surface area contributed by atoms with E-state index in [1.165, 1.54) is 15.0 Å². The molecular weight excluding hydrogens is 346 g/mol. The number of nitrogens with zero attached hydrogens (tertiary/aromatic N) is 3. The molecule has 0 unspecified atom stereocenters. The van der Waals surface area contributed by atoms with Gasteiger partial charge < -0.3 is 4.90 Å². The SMILES string of the molecule is CC(C)(C)[C@H]1CCc2c(sc3ncn(CC(=O)N4CCCC4)c(=O)c23)C1. The van der Waals surface area contributed by atoms with Gasteiger partial charge in [0.15, 0.2) is 0 Å². The quantitative estimate of drug-likeness (QED) is 0.812. The standard InChI is InChI=1S/C20H27N3O2S/c1-20(2,3)13-6-7-14-15(10-13)26-18-17(14)19(25)23(12-21-18)11-16(24)22-8-4-5-9-22/h12-13H,4-11H2,1-3H3/t13-/m0/s1. The monoisotopic (exact) mass is 373 g/mol. The zero-order valence-corrected chi connectivity index (χ0v) is 16.7. The lowest BCUT2D eigenvalue weighted by atomic mass is 9.72. The molecule has 2 aromatic rings. The van der Waals surface area contributed by atoms with Crippen molar-refractivity contribution in [2.45, 2.75) is 59.4 Å². The van der Waals surface area contributed by atoms with Crippen LogP contribution < -0.4 is 5.56 Å². The first-order valence-corrected chi connectivity index (χ1v) is 10.4. The molecule has 3 heterocycles. The van der Waals surface area contributed by atoms with Crippen molar-refractivity contribution in [1.29, 1.82) is 0 Å². The molecule has 2 aromatic heterocycles. The molecule has 1 amide bonds. The van der Waals surface area contributed by atoms with Gasteiger partial charge in [-0.05, 0) is 49.0 Å². The molecule has 26 heavy (non-hydrogen) atoms. The van der Waals surface area contributed by atoms with Crippen molar-refractivity contribution in [3.05, 3.63) is 27.1 Å². The highest BCUT2D eigenvalue weighted by Gasteiger charge is 2.32. The van der Waals surface area contributed by atoms with E-state index in [-0.39, 0.29) is 23.4 Å². The van der Waals surface area contributed by atoms with Gasteiger partial charge in [-0.25, -0.2) is 4.98 Å². The van der Waals surface area contributed by atoms with Crippen molar-refractivity contribution in [3.8, 4) is 0 Å². The summed E-state index contributed by atoms with van der Waals surface area (Å²) in [6.45, 7) is 8.62. The molecule has 0 radical (unpaired) electrons. The van der Waals surface area contributed by atoms with E-state index in [4.69, 9.17) is 0 Å². The number of carbonyl (C=O) groups excluding carboxylic acids is 1. The maximum atomic E-state index is 13.0. The Bertz CT molecular complexity index is 900. The maximum absolute atomic E-state index is 13.0. The zero-order valence-electron chi connectivity index (χ0n) is 15.9. The lowest BCUT2D eigenvalue weighted by molar-refractivity contribution is -0.130. The Kier molecular flexibility index (Phi) is 4.41. The molecule has 1 fully saturated rings. The van der Waals surface area contributed by atoms with E-state index in [2.05, 4.69) is 25.8 Å². The van der Waals surface area contributed by atoms with Crippen LogP contribution in [0.15, 0.2) is 11.1 Å². The van der Waals surface area contributed by atoms with Crippen LogP contribution in [0.3, 0.4) is 0 Å². The summed E-state index contributed by atoms with van der Waals surface area (Å²) < 4.78 is 1.51. The van der Waals surface area contributed by atoms with E-state index in [1.54, 1.807) is 17.7 Å². The van der Waals surface area contributed by atoms with Crippen molar-refractivity contribution in [2.24, 2.45) is 11.3 Å². The van der Waals surface area contributed by atoms with Gasteiger partial charge in [0.2, 0.25) is 5.91 Å². The molecular formula is C20H27N3O2S. The molecule has 0 saturated carbocycles. The first kappa shape index (κ1) is 17.7. The summed E-state index contributed by atoms with van der Waals surface area (Å²) in [6.07, 6.45) is 6.77. The summed E-state index contributed by atoms with van der Waals surface area (Å²) >= 11 is 1.67. The van der Waals surface area contributed by atoms with Gasteiger partial charge in [-0.3, -0.25) is 14.2 Å². The van der Waals surface area contributed by atoms with Gasteiger partial charge in [0.1, 0.15) is 11.4 Å². The third kappa shape index (κ3) is 3.08. The summed E-state index contributed by atoms with van der Waals surface area (Å²) in [7, 11) is 0. The Morgan fingerprint density at radius 2 is 2.04 bits per heavy atom. The van der Waals surface area contributed by atoms with Crippen LogP contribution in [0.4, 0.5) is 0 Å². The van der Waals surface area contributed by atoms with Gasteiger partial charge in [-0.2, -0.15) is 0 Å².